The van der Waals surface area contributed by atoms with E-state index in [2.05, 4.69) is 10.5 Å². The van der Waals surface area contributed by atoms with Gasteiger partial charge in [0.05, 0.1) is 16.3 Å². The second-order valence-corrected chi connectivity index (χ2v) is 6.13. The van der Waals surface area contributed by atoms with E-state index in [0.717, 1.165) is 16.3 Å². The van der Waals surface area contributed by atoms with Gasteiger partial charge in [0.15, 0.2) is 0 Å². The molecular formula is C19H14Cl2N2O. The van der Waals surface area contributed by atoms with Gasteiger partial charge in [0.1, 0.15) is 0 Å². The Bertz CT molecular complexity index is 946. The van der Waals surface area contributed by atoms with Gasteiger partial charge in [0.25, 0.3) is 5.91 Å². The van der Waals surface area contributed by atoms with Crippen LogP contribution in [-0.4, -0.2) is 11.6 Å². The molecule has 5 heteroatoms. The molecule has 0 aliphatic rings. The van der Waals surface area contributed by atoms with Crippen molar-refractivity contribution >= 4 is 45.6 Å². The Kier molecular flexibility index (Phi) is 4.84. The summed E-state index contributed by atoms with van der Waals surface area (Å²) in [7, 11) is 0. The highest BCUT2D eigenvalue weighted by atomic mass is 35.5. The van der Waals surface area contributed by atoms with Crippen molar-refractivity contribution in [3.8, 4) is 0 Å². The van der Waals surface area contributed by atoms with Crippen molar-refractivity contribution in [3.63, 3.8) is 0 Å². The highest BCUT2D eigenvalue weighted by Gasteiger charge is 2.10. The summed E-state index contributed by atoms with van der Waals surface area (Å²) >= 11 is 11.9. The molecule has 0 saturated carbocycles. The molecule has 0 spiro atoms. The maximum absolute atomic E-state index is 12.2. The van der Waals surface area contributed by atoms with Gasteiger partial charge in [-0.3, -0.25) is 4.79 Å². The number of hydrazone groups is 1. The third kappa shape index (κ3) is 3.42. The summed E-state index contributed by atoms with van der Waals surface area (Å²) in [6, 6.07) is 18.7. The molecule has 0 aromatic heterocycles. The normalized spacial score (nSPS) is 11.5. The number of fused-ring (bicyclic) bond motifs is 1. The van der Waals surface area contributed by atoms with Gasteiger partial charge in [-0.15, -0.1) is 0 Å². The lowest BCUT2D eigenvalue weighted by atomic mass is 10.0. The van der Waals surface area contributed by atoms with Crippen LogP contribution >= 0.6 is 23.2 Å². The fraction of sp³-hybridized carbons (Fsp3) is 0.0526. The molecule has 1 N–H and O–H groups in total. The first-order chi connectivity index (χ1) is 11.6. The first-order valence-corrected chi connectivity index (χ1v) is 8.09. The van der Waals surface area contributed by atoms with E-state index >= 15 is 0 Å². The fourth-order valence-corrected chi connectivity index (χ4v) is 2.96. The van der Waals surface area contributed by atoms with Crippen molar-refractivity contribution < 1.29 is 4.79 Å². The first kappa shape index (κ1) is 16.5. The molecule has 3 aromatic carbocycles. The Morgan fingerprint density at radius 3 is 2.50 bits per heavy atom. The molecule has 0 fully saturated rings. The molecule has 3 aromatic rings. The van der Waals surface area contributed by atoms with E-state index in [1.165, 1.54) is 6.07 Å². The maximum atomic E-state index is 12.2. The molecule has 3 rings (SSSR count). The van der Waals surface area contributed by atoms with E-state index in [4.69, 9.17) is 23.2 Å². The largest absolute Gasteiger partial charge is 0.272 e. The van der Waals surface area contributed by atoms with E-state index in [0.29, 0.717) is 16.3 Å². The minimum absolute atomic E-state index is 0.290. The summed E-state index contributed by atoms with van der Waals surface area (Å²) in [6.07, 6.45) is 0. The Balaban J connectivity index is 1.87. The fourth-order valence-electron chi connectivity index (χ4n) is 2.47. The van der Waals surface area contributed by atoms with Crippen molar-refractivity contribution in [2.45, 2.75) is 6.92 Å². The summed E-state index contributed by atoms with van der Waals surface area (Å²) in [5, 5.41) is 7.18. The quantitative estimate of drug-likeness (QED) is 0.502. The van der Waals surface area contributed by atoms with Crippen molar-refractivity contribution in [2.24, 2.45) is 5.10 Å². The second kappa shape index (κ2) is 7.04. The van der Waals surface area contributed by atoms with E-state index in [1.807, 2.05) is 49.4 Å². The summed E-state index contributed by atoms with van der Waals surface area (Å²) in [6.45, 7) is 1.85. The number of nitrogens with one attached hydrogen (secondary N) is 1. The van der Waals surface area contributed by atoms with Crippen molar-refractivity contribution in [3.05, 3.63) is 81.8 Å². The number of nitrogens with zero attached hydrogens (tertiary/aromatic N) is 1. The van der Waals surface area contributed by atoms with Crippen LogP contribution in [0, 0.1) is 0 Å². The van der Waals surface area contributed by atoms with Gasteiger partial charge in [-0.1, -0.05) is 65.7 Å². The summed E-state index contributed by atoms with van der Waals surface area (Å²) in [5.74, 6) is -0.378. The lowest BCUT2D eigenvalue weighted by molar-refractivity contribution is 0.0955. The van der Waals surface area contributed by atoms with Crippen LogP contribution in [-0.2, 0) is 0 Å². The minimum atomic E-state index is -0.378. The van der Waals surface area contributed by atoms with Gasteiger partial charge in [0, 0.05) is 10.6 Å². The SMILES string of the molecule is CC(=NNC(=O)c1ccc(Cl)cc1Cl)c1cccc2ccccc12. The van der Waals surface area contributed by atoms with Crippen LogP contribution in [0.15, 0.2) is 65.8 Å². The number of rotatable bonds is 3. The third-order valence-electron chi connectivity index (χ3n) is 3.68. The van der Waals surface area contributed by atoms with Gasteiger partial charge in [-0.25, -0.2) is 5.43 Å². The highest BCUT2D eigenvalue weighted by molar-refractivity contribution is 6.36. The first-order valence-electron chi connectivity index (χ1n) is 7.34. The number of hydrogen-bond donors (Lipinski definition) is 1. The summed E-state index contributed by atoms with van der Waals surface area (Å²) in [4.78, 5) is 12.2. The van der Waals surface area contributed by atoms with E-state index in [9.17, 15) is 4.79 Å². The molecule has 0 bridgehead atoms. The molecule has 1 amide bonds. The van der Waals surface area contributed by atoms with Crippen LogP contribution in [0.3, 0.4) is 0 Å². The van der Waals surface area contributed by atoms with E-state index in [1.54, 1.807) is 12.1 Å². The highest BCUT2D eigenvalue weighted by Crippen LogP contribution is 2.21. The number of carbonyl (C=O) groups excluding carboxylic acids is 1. The van der Waals surface area contributed by atoms with Crippen molar-refractivity contribution in [1.82, 2.24) is 5.43 Å². The number of hydrogen-bond acceptors (Lipinski definition) is 2. The van der Waals surface area contributed by atoms with Gasteiger partial charge in [-0.2, -0.15) is 5.10 Å². The van der Waals surface area contributed by atoms with Gasteiger partial charge in [-0.05, 0) is 35.9 Å². The predicted octanol–water partition coefficient (Wildman–Crippen LogP) is 5.30. The lowest BCUT2D eigenvalue weighted by Crippen LogP contribution is -2.19. The molecule has 0 aliphatic heterocycles. The number of carbonyl (C=O) groups is 1. The molecule has 0 heterocycles. The number of halogens is 2. The van der Waals surface area contributed by atoms with Gasteiger partial charge in [0.2, 0.25) is 0 Å². The third-order valence-corrected chi connectivity index (χ3v) is 4.23. The molecule has 0 aliphatic carbocycles. The maximum Gasteiger partial charge on any atom is 0.272 e. The second-order valence-electron chi connectivity index (χ2n) is 5.29. The summed E-state index contributed by atoms with van der Waals surface area (Å²) in [5.41, 5.74) is 4.55. The molecule has 0 radical (unpaired) electrons. The van der Waals surface area contributed by atoms with Crippen molar-refractivity contribution in [2.75, 3.05) is 0 Å². The van der Waals surface area contributed by atoms with Crippen LogP contribution in [0.25, 0.3) is 10.8 Å². The Labute approximate surface area is 149 Å². The lowest BCUT2D eigenvalue weighted by Gasteiger charge is -2.07. The number of amides is 1. The molecule has 3 nitrogen and oxygen atoms in total. The molecule has 24 heavy (non-hydrogen) atoms. The molecule has 0 saturated heterocycles. The van der Waals surface area contributed by atoms with Crippen LogP contribution in [0.4, 0.5) is 0 Å². The number of benzene rings is 3. The summed E-state index contributed by atoms with van der Waals surface area (Å²) < 4.78 is 0. The zero-order valence-electron chi connectivity index (χ0n) is 12.9. The zero-order chi connectivity index (χ0) is 17.1. The minimum Gasteiger partial charge on any atom is -0.267 e. The standard InChI is InChI=1S/C19H14Cl2N2O/c1-12(15-8-4-6-13-5-2-3-7-16(13)15)22-23-19(24)17-10-9-14(20)11-18(17)21/h2-11H,1H3,(H,23,24). The predicted molar refractivity (Wildman–Crippen MR) is 100 cm³/mol. The average molecular weight is 357 g/mol. The van der Waals surface area contributed by atoms with Gasteiger partial charge < -0.3 is 0 Å². The van der Waals surface area contributed by atoms with Crippen LogP contribution in [0.5, 0.6) is 0 Å². The topological polar surface area (TPSA) is 41.5 Å². The molecular weight excluding hydrogens is 343 g/mol. The van der Waals surface area contributed by atoms with Gasteiger partial charge >= 0.3 is 0 Å². The average Bonchev–Trinajstić information content (AvgIpc) is 2.59. The molecule has 0 atom stereocenters. The molecule has 0 unspecified atom stereocenters. The van der Waals surface area contributed by atoms with Crippen LogP contribution < -0.4 is 5.43 Å². The Morgan fingerprint density at radius 1 is 0.958 bits per heavy atom. The zero-order valence-corrected chi connectivity index (χ0v) is 14.4. The van der Waals surface area contributed by atoms with E-state index < -0.39 is 0 Å². The Morgan fingerprint density at radius 2 is 1.71 bits per heavy atom. The van der Waals surface area contributed by atoms with Crippen LogP contribution in [0.2, 0.25) is 10.0 Å². The van der Waals surface area contributed by atoms with E-state index in [-0.39, 0.29) is 10.9 Å². The monoisotopic (exact) mass is 356 g/mol. The Hall–Kier alpha value is -2.36. The van der Waals surface area contributed by atoms with Crippen molar-refractivity contribution in [1.29, 1.82) is 0 Å². The van der Waals surface area contributed by atoms with Crippen LogP contribution in [0.1, 0.15) is 22.8 Å². The smallest absolute Gasteiger partial charge is 0.267 e. The molecule has 120 valence electrons.